The summed E-state index contributed by atoms with van der Waals surface area (Å²) in [5.74, 6) is 1.25. The minimum absolute atomic E-state index is 0.251. The topological polar surface area (TPSA) is 43.1 Å². The Labute approximate surface area is 124 Å². The molecule has 0 aromatic heterocycles. The van der Waals surface area contributed by atoms with E-state index in [0.717, 1.165) is 5.75 Å². The van der Waals surface area contributed by atoms with Gasteiger partial charge in [-0.2, -0.15) is 0 Å². The van der Waals surface area contributed by atoms with Crippen molar-refractivity contribution >= 4 is 28.2 Å². The Bertz CT molecular complexity index is 654. The number of anilines is 1. The third-order valence-electron chi connectivity index (χ3n) is 3.31. The average Bonchev–Trinajstić information content (AvgIpc) is 2.81. The van der Waals surface area contributed by atoms with Crippen LogP contribution >= 0.6 is 11.8 Å². The molecule has 20 heavy (non-hydrogen) atoms. The maximum atomic E-state index is 13.3. The molecule has 5 heteroatoms. The second kappa shape index (κ2) is 5.58. The highest BCUT2D eigenvalue weighted by molar-refractivity contribution is 7.99. The first-order valence-electron chi connectivity index (χ1n) is 6.29. The molecule has 2 aromatic rings. The summed E-state index contributed by atoms with van der Waals surface area (Å²) in [4.78, 5) is 1.73. The number of nitrogens with two attached hydrogens (primary N) is 1. The summed E-state index contributed by atoms with van der Waals surface area (Å²) in [5, 5.41) is 0. The molecule has 0 saturated heterocycles. The lowest BCUT2D eigenvalue weighted by Gasteiger charge is -2.11. The van der Waals surface area contributed by atoms with E-state index in [1.54, 1.807) is 17.8 Å². The third-order valence-corrected chi connectivity index (χ3v) is 6.03. The van der Waals surface area contributed by atoms with Gasteiger partial charge < -0.3 is 5.73 Å². The third kappa shape index (κ3) is 2.74. The minimum Gasteiger partial charge on any atom is -0.399 e. The molecular formula is C15H14FNOS2. The van der Waals surface area contributed by atoms with Crippen molar-refractivity contribution < 1.29 is 8.60 Å². The fourth-order valence-corrected chi connectivity index (χ4v) is 5.13. The molecule has 1 aliphatic rings. The van der Waals surface area contributed by atoms with Crippen molar-refractivity contribution in [1.29, 1.82) is 0 Å². The molecule has 0 aliphatic carbocycles. The lowest BCUT2D eigenvalue weighted by molar-refractivity contribution is 0.623. The van der Waals surface area contributed by atoms with Crippen LogP contribution in [-0.4, -0.2) is 15.7 Å². The number of hydrogen-bond acceptors (Lipinski definition) is 3. The molecular weight excluding hydrogens is 293 g/mol. The van der Waals surface area contributed by atoms with Crippen molar-refractivity contribution in [3.05, 3.63) is 53.8 Å². The lowest BCUT2D eigenvalue weighted by Crippen LogP contribution is -2.10. The summed E-state index contributed by atoms with van der Waals surface area (Å²) in [7, 11) is -1.23. The number of benzene rings is 2. The van der Waals surface area contributed by atoms with E-state index in [2.05, 4.69) is 12.1 Å². The first-order valence-corrected chi connectivity index (χ1v) is 8.60. The molecule has 1 aliphatic heterocycles. The molecule has 2 atom stereocenters. The maximum Gasteiger partial charge on any atom is 0.126 e. The quantitative estimate of drug-likeness (QED) is 0.884. The summed E-state index contributed by atoms with van der Waals surface area (Å²) in [6, 6.07) is 12.3. The van der Waals surface area contributed by atoms with Crippen molar-refractivity contribution in [2.45, 2.75) is 15.7 Å². The normalized spacial score (nSPS) is 18.8. The second-order valence-electron chi connectivity index (χ2n) is 4.78. The maximum absolute atomic E-state index is 13.3. The van der Waals surface area contributed by atoms with Gasteiger partial charge >= 0.3 is 0 Å². The van der Waals surface area contributed by atoms with Crippen LogP contribution in [0.3, 0.4) is 0 Å². The summed E-state index contributed by atoms with van der Waals surface area (Å²) < 4.78 is 25.7. The first-order chi connectivity index (χ1) is 9.63. The van der Waals surface area contributed by atoms with Gasteiger partial charge in [0.05, 0.1) is 10.8 Å². The first kappa shape index (κ1) is 13.6. The summed E-state index contributed by atoms with van der Waals surface area (Å²) in [6.45, 7) is 0. The van der Waals surface area contributed by atoms with Gasteiger partial charge in [0.15, 0.2) is 0 Å². The van der Waals surface area contributed by atoms with Gasteiger partial charge in [-0.1, -0.05) is 18.2 Å². The Hall–Kier alpha value is -1.33. The van der Waals surface area contributed by atoms with Crippen molar-refractivity contribution in [1.82, 2.24) is 0 Å². The Morgan fingerprint density at radius 2 is 2.10 bits per heavy atom. The van der Waals surface area contributed by atoms with Gasteiger partial charge in [0, 0.05) is 32.9 Å². The smallest absolute Gasteiger partial charge is 0.126 e. The van der Waals surface area contributed by atoms with Gasteiger partial charge in [-0.3, -0.25) is 4.21 Å². The fourth-order valence-electron chi connectivity index (χ4n) is 2.36. The predicted octanol–water partition coefficient (Wildman–Crippen LogP) is 3.41. The van der Waals surface area contributed by atoms with Crippen LogP contribution in [-0.2, 0) is 10.8 Å². The minimum atomic E-state index is -1.23. The zero-order chi connectivity index (χ0) is 14.1. The molecule has 0 amide bonds. The molecule has 0 fully saturated rings. The molecule has 2 unspecified atom stereocenters. The molecule has 3 rings (SSSR count). The summed E-state index contributed by atoms with van der Waals surface area (Å²) in [6.07, 6.45) is 0. The summed E-state index contributed by atoms with van der Waals surface area (Å²) >= 11 is 1.79. The zero-order valence-electron chi connectivity index (χ0n) is 10.7. The number of nitrogen functional groups attached to an aromatic ring is 1. The SMILES string of the molecule is Nc1cc(F)cc(S(=O)CC2CSc3ccccc32)c1. The standard InChI is InChI=1S/C15H14FNOS2/c16-11-5-12(17)7-13(6-11)20(18)9-10-8-19-15-4-2-1-3-14(10)15/h1-7,10H,8-9,17H2. The number of rotatable bonds is 3. The van der Waals surface area contributed by atoms with Crippen molar-refractivity contribution in [3.63, 3.8) is 0 Å². The molecule has 0 bridgehead atoms. The van der Waals surface area contributed by atoms with E-state index in [0.29, 0.717) is 16.3 Å². The number of hydrogen-bond donors (Lipinski definition) is 1. The second-order valence-corrected chi connectivity index (χ2v) is 7.34. The molecule has 1 heterocycles. The predicted molar refractivity (Wildman–Crippen MR) is 82.0 cm³/mol. The van der Waals surface area contributed by atoms with Crippen LogP contribution < -0.4 is 5.73 Å². The van der Waals surface area contributed by atoms with Gasteiger partial charge in [0.2, 0.25) is 0 Å². The van der Waals surface area contributed by atoms with Crippen LogP contribution in [0.2, 0.25) is 0 Å². The van der Waals surface area contributed by atoms with E-state index in [1.807, 2.05) is 12.1 Å². The van der Waals surface area contributed by atoms with Crippen LogP contribution in [0.4, 0.5) is 10.1 Å². The molecule has 2 N–H and O–H groups in total. The van der Waals surface area contributed by atoms with Gasteiger partial charge in [-0.15, -0.1) is 11.8 Å². The van der Waals surface area contributed by atoms with E-state index in [9.17, 15) is 8.60 Å². The Morgan fingerprint density at radius 1 is 1.30 bits per heavy atom. The zero-order valence-corrected chi connectivity index (χ0v) is 12.3. The average molecular weight is 307 g/mol. The number of thioether (sulfide) groups is 1. The summed E-state index contributed by atoms with van der Waals surface area (Å²) in [5.41, 5.74) is 7.16. The van der Waals surface area contributed by atoms with Crippen LogP contribution in [0.5, 0.6) is 0 Å². The van der Waals surface area contributed by atoms with Crippen LogP contribution in [0, 0.1) is 5.82 Å². The monoisotopic (exact) mass is 307 g/mol. The molecule has 2 aromatic carbocycles. The largest absolute Gasteiger partial charge is 0.399 e. The van der Waals surface area contributed by atoms with Gasteiger partial charge in [0.25, 0.3) is 0 Å². The Kier molecular flexibility index (Phi) is 3.81. The molecule has 104 valence electrons. The van der Waals surface area contributed by atoms with E-state index in [4.69, 9.17) is 5.73 Å². The Morgan fingerprint density at radius 3 is 2.90 bits per heavy atom. The van der Waals surface area contributed by atoms with Gasteiger partial charge in [-0.25, -0.2) is 4.39 Å². The van der Waals surface area contributed by atoms with Crippen LogP contribution in [0.1, 0.15) is 11.5 Å². The molecule has 0 saturated carbocycles. The van der Waals surface area contributed by atoms with Crippen LogP contribution in [0.25, 0.3) is 0 Å². The highest BCUT2D eigenvalue weighted by atomic mass is 32.2. The van der Waals surface area contributed by atoms with Crippen molar-refractivity contribution in [2.75, 3.05) is 17.2 Å². The van der Waals surface area contributed by atoms with E-state index in [-0.39, 0.29) is 5.92 Å². The number of fused-ring (bicyclic) bond motifs is 1. The van der Waals surface area contributed by atoms with Crippen LogP contribution in [0.15, 0.2) is 52.3 Å². The molecule has 0 radical (unpaired) electrons. The highest BCUT2D eigenvalue weighted by Gasteiger charge is 2.25. The molecule has 2 nitrogen and oxygen atoms in total. The van der Waals surface area contributed by atoms with Gasteiger partial charge in [-0.05, 0) is 29.8 Å². The number of halogens is 1. The molecule has 0 spiro atoms. The van der Waals surface area contributed by atoms with E-state index in [1.165, 1.54) is 22.6 Å². The highest BCUT2D eigenvalue weighted by Crippen LogP contribution is 2.40. The van der Waals surface area contributed by atoms with Crippen molar-refractivity contribution in [2.24, 2.45) is 0 Å². The van der Waals surface area contributed by atoms with Crippen molar-refractivity contribution in [3.8, 4) is 0 Å². The Balaban J connectivity index is 1.80. The van der Waals surface area contributed by atoms with Gasteiger partial charge in [0.1, 0.15) is 5.82 Å². The fraction of sp³-hybridized carbons (Fsp3) is 0.200. The van der Waals surface area contributed by atoms with E-state index < -0.39 is 16.6 Å². The lowest BCUT2D eigenvalue weighted by atomic mass is 10.0. The van der Waals surface area contributed by atoms with E-state index >= 15 is 0 Å².